The van der Waals surface area contributed by atoms with E-state index in [-0.39, 0.29) is 5.91 Å². The van der Waals surface area contributed by atoms with E-state index in [1.165, 1.54) is 32.4 Å². The largest absolute Gasteiger partial charge is 0.478 e. The van der Waals surface area contributed by atoms with Crippen LogP contribution < -0.4 is 0 Å². The molecule has 0 saturated carbocycles. The lowest BCUT2D eigenvalue weighted by Gasteiger charge is -2.42. The van der Waals surface area contributed by atoms with Crippen LogP contribution in [0.25, 0.3) is 0 Å². The molecule has 2 aliphatic rings. The molecule has 0 radical (unpaired) electrons. The van der Waals surface area contributed by atoms with E-state index in [9.17, 15) is 14.4 Å². The molecule has 7 nitrogen and oxygen atoms in total. The normalized spacial score (nSPS) is 21.3. The van der Waals surface area contributed by atoms with Crippen LogP contribution >= 0.6 is 23.2 Å². The van der Waals surface area contributed by atoms with Gasteiger partial charge in [-0.2, -0.15) is 0 Å². The molecule has 1 aromatic rings. The van der Waals surface area contributed by atoms with Gasteiger partial charge in [0.2, 0.25) is 5.91 Å². The van der Waals surface area contributed by atoms with Crippen molar-refractivity contribution in [2.24, 2.45) is 5.92 Å². The third-order valence-corrected chi connectivity index (χ3v) is 6.53. The standard InChI is InChI=1S/C19H26Cl2N2O.C4H4O4/c1-14-5-4-10-23(18(14)13-22-8-2-3-9-22)19(24)12-15-6-7-16(20)17(21)11-15;5-3(6)1-2-4(7)8/h6-7,11,14,18H,2-5,8-10,12-13H2,1H3;1-2H,(H,5,6)(H,7,8). The summed E-state index contributed by atoms with van der Waals surface area (Å²) in [4.78, 5) is 36.7. The van der Waals surface area contributed by atoms with Gasteiger partial charge in [-0.05, 0) is 62.4 Å². The Bertz CT molecular complexity index is 824. The third kappa shape index (κ3) is 8.45. The average molecular weight is 485 g/mol. The maximum atomic E-state index is 12.9. The molecule has 2 aliphatic heterocycles. The van der Waals surface area contributed by atoms with E-state index in [1.54, 1.807) is 6.07 Å². The van der Waals surface area contributed by atoms with Crippen molar-refractivity contribution in [2.45, 2.75) is 45.1 Å². The van der Waals surface area contributed by atoms with E-state index in [4.69, 9.17) is 33.4 Å². The number of amides is 1. The molecule has 32 heavy (non-hydrogen) atoms. The zero-order valence-electron chi connectivity index (χ0n) is 18.2. The fraction of sp³-hybridized carbons (Fsp3) is 0.522. The van der Waals surface area contributed by atoms with Gasteiger partial charge in [0.25, 0.3) is 0 Å². The predicted molar refractivity (Wildman–Crippen MR) is 124 cm³/mol. The number of carboxylic acid groups (broad SMARTS) is 2. The summed E-state index contributed by atoms with van der Waals surface area (Å²) in [6, 6.07) is 5.82. The zero-order chi connectivity index (χ0) is 23.7. The number of rotatable bonds is 6. The molecule has 2 N–H and O–H groups in total. The minimum absolute atomic E-state index is 0.212. The third-order valence-electron chi connectivity index (χ3n) is 5.79. The lowest BCUT2D eigenvalue weighted by Crippen LogP contribution is -2.53. The number of halogens is 2. The van der Waals surface area contributed by atoms with Gasteiger partial charge < -0.3 is 20.0 Å². The number of benzene rings is 1. The minimum atomic E-state index is -1.26. The molecule has 9 heteroatoms. The fourth-order valence-corrected chi connectivity index (χ4v) is 4.46. The summed E-state index contributed by atoms with van der Waals surface area (Å²) in [6.45, 7) is 6.55. The highest BCUT2D eigenvalue weighted by atomic mass is 35.5. The van der Waals surface area contributed by atoms with Crippen LogP contribution in [0.1, 0.15) is 38.2 Å². The molecule has 2 fully saturated rings. The second kappa shape index (κ2) is 12.8. The number of carbonyl (C=O) groups is 3. The Morgan fingerprint density at radius 1 is 1.00 bits per heavy atom. The highest BCUT2D eigenvalue weighted by Crippen LogP contribution is 2.27. The summed E-state index contributed by atoms with van der Waals surface area (Å²) < 4.78 is 0. The fourth-order valence-electron chi connectivity index (χ4n) is 4.14. The molecule has 0 bridgehead atoms. The van der Waals surface area contributed by atoms with Gasteiger partial charge in [0.1, 0.15) is 0 Å². The minimum Gasteiger partial charge on any atom is -0.478 e. The van der Waals surface area contributed by atoms with E-state index in [0.717, 1.165) is 25.1 Å². The van der Waals surface area contributed by atoms with Gasteiger partial charge in [0.15, 0.2) is 0 Å². The quantitative estimate of drug-likeness (QED) is 0.592. The zero-order valence-corrected chi connectivity index (χ0v) is 19.7. The monoisotopic (exact) mass is 484 g/mol. The smallest absolute Gasteiger partial charge is 0.328 e. The lowest BCUT2D eigenvalue weighted by atomic mass is 9.89. The van der Waals surface area contributed by atoms with Crippen LogP contribution in [0.4, 0.5) is 0 Å². The van der Waals surface area contributed by atoms with E-state index in [1.807, 2.05) is 12.1 Å². The summed E-state index contributed by atoms with van der Waals surface area (Å²) in [7, 11) is 0. The summed E-state index contributed by atoms with van der Waals surface area (Å²) in [5, 5.41) is 16.7. The van der Waals surface area contributed by atoms with Crippen LogP contribution in [-0.4, -0.2) is 70.1 Å². The molecule has 2 saturated heterocycles. The Hall–Kier alpha value is -2.09. The first-order chi connectivity index (χ1) is 15.2. The predicted octanol–water partition coefficient (Wildman–Crippen LogP) is 3.97. The Labute approximate surface area is 198 Å². The highest BCUT2D eigenvalue weighted by molar-refractivity contribution is 6.42. The van der Waals surface area contributed by atoms with Crippen molar-refractivity contribution in [1.82, 2.24) is 9.80 Å². The highest BCUT2D eigenvalue weighted by Gasteiger charge is 2.33. The maximum Gasteiger partial charge on any atom is 0.328 e. The average Bonchev–Trinajstić information content (AvgIpc) is 3.24. The second-order valence-corrected chi connectivity index (χ2v) is 9.03. The molecule has 2 heterocycles. The van der Waals surface area contributed by atoms with E-state index >= 15 is 0 Å². The number of hydrogen-bond acceptors (Lipinski definition) is 4. The number of carboxylic acids is 2. The second-order valence-electron chi connectivity index (χ2n) is 8.22. The van der Waals surface area contributed by atoms with Crippen molar-refractivity contribution in [3.63, 3.8) is 0 Å². The van der Waals surface area contributed by atoms with E-state index in [0.29, 0.717) is 40.6 Å². The number of carbonyl (C=O) groups excluding carboxylic acids is 1. The summed E-state index contributed by atoms with van der Waals surface area (Å²) >= 11 is 12.1. The number of aliphatic carboxylic acids is 2. The maximum absolute atomic E-state index is 12.9. The van der Waals surface area contributed by atoms with Crippen molar-refractivity contribution in [3.8, 4) is 0 Å². The van der Waals surface area contributed by atoms with Crippen molar-refractivity contribution in [2.75, 3.05) is 26.2 Å². The number of nitrogens with zero attached hydrogens (tertiary/aromatic N) is 2. The first kappa shape index (κ1) is 26.2. The van der Waals surface area contributed by atoms with Crippen molar-refractivity contribution >= 4 is 41.0 Å². The van der Waals surface area contributed by atoms with E-state index < -0.39 is 11.9 Å². The van der Waals surface area contributed by atoms with Crippen molar-refractivity contribution in [3.05, 3.63) is 46.0 Å². The van der Waals surface area contributed by atoms with Crippen LogP contribution in [0.2, 0.25) is 10.0 Å². The number of likely N-dealkylation sites (tertiary alicyclic amines) is 2. The molecule has 0 aromatic heterocycles. The van der Waals surface area contributed by atoms with Gasteiger partial charge in [-0.25, -0.2) is 9.59 Å². The van der Waals surface area contributed by atoms with Crippen LogP contribution in [0.3, 0.4) is 0 Å². The van der Waals surface area contributed by atoms with Crippen LogP contribution in [0.15, 0.2) is 30.4 Å². The first-order valence-electron chi connectivity index (χ1n) is 10.8. The van der Waals surface area contributed by atoms with Crippen LogP contribution in [0, 0.1) is 5.92 Å². The molecular weight excluding hydrogens is 455 g/mol. The van der Waals surface area contributed by atoms with Gasteiger partial charge in [0.05, 0.1) is 16.5 Å². The molecule has 176 valence electrons. The van der Waals surface area contributed by atoms with Crippen molar-refractivity contribution in [1.29, 1.82) is 0 Å². The van der Waals surface area contributed by atoms with Gasteiger partial charge >= 0.3 is 11.9 Å². The Morgan fingerprint density at radius 2 is 1.62 bits per heavy atom. The Morgan fingerprint density at radius 3 is 2.19 bits per heavy atom. The topological polar surface area (TPSA) is 98.2 Å². The van der Waals surface area contributed by atoms with Gasteiger partial charge in [-0.1, -0.05) is 36.2 Å². The Kier molecular flexibility index (Phi) is 10.5. The summed E-state index contributed by atoms with van der Waals surface area (Å²) in [6.07, 6.45) is 6.42. The molecule has 0 aliphatic carbocycles. The first-order valence-corrected chi connectivity index (χ1v) is 11.5. The Balaban J connectivity index is 0.000000390. The van der Waals surface area contributed by atoms with Gasteiger partial charge in [-0.3, -0.25) is 4.79 Å². The summed E-state index contributed by atoms with van der Waals surface area (Å²) in [5.74, 6) is -1.74. The molecule has 1 aromatic carbocycles. The molecule has 2 unspecified atom stereocenters. The molecule has 3 rings (SSSR count). The molecule has 2 atom stereocenters. The van der Waals surface area contributed by atoms with Gasteiger partial charge in [-0.15, -0.1) is 0 Å². The summed E-state index contributed by atoms with van der Waals surface area (Å²) in [5.41, 5.74) is 0.938. The molecular formula is C23H30Cl2N2O5. The molecule has 1 amide bonds. The van der Waals surface area contributed by atoms with Crippen LogP contribution in [-0.2, 0) is 20.8 Å². The van der Waals surface area contributed by atoms with Crippen LogP contribution in [0.5, 0.6) is 0 Å². The lowest BCUT2D eigenvalue weighted by molar-refractivity contribution is -0.136. The number of hydrogen-bond donors (Lipinski definition) is 2. The molecule has 0 spiro atoms. The van der Waals surface area contributed by atoms with E-state index in [2.05, 4.69) is 16.7 Å². The SMILES string of the molecule is CC1CCCN(C(=O)Cc2ccc(Cl)c(Cl)c2)C1CN1CCCC1.O=C(O)C=CC(=O)O. The van der Waals surface area contributed by atoms with Crippen molar-refractivity contribution < 1.29 is 24.6 Å². The van der Waals surface area contributed by atoms with Gasteiger partial charge in [0, 0.05) is 31.3 Å². The number of piperidine rings is 1.